The molecule has 38 heavy (non-hydrogen) atoms. The highest BCUT2D eigenvalue weighted by Crippen LogP contribution is 2.39. The van der Waals surface area contributed by atoms with Crippen molar-refractivity contribution in [2.75, 3.05) is 69.0 Å². The molecule has 0 aromatic carbocycles. The maximum absolute atomic E-state index is 12.0. The van der Waals surface area contributed by atoms with E-state index in [0.717, 1.165) is 73.6 Å². The van der Waals surface area contributed by atoms with Gasteiger partial charge in [0.15, 0.2) is 0 Å². The number of methoxy groups -OCH3 is 1. The van der Waals surface area contributed by atoms with E-state index in [4.69, 9.17) is 24.2 Å². The number of anilines is 2. The standard InChI is InChI=1S/C26H36N6O4S2/c1-5-36-19-6-8-31(9-7-19)16-20-17(2)37-24-22(18-14-21(30-38(4)33)25(34-3)27-15-18)28-26(29-23(20)24)32-10-12-35-13-11-32/h14-15,19,30H,5-13,16H2,1-4H3. The van der Waals surface area contributed by atoms with E-state index in [9.17, 15) is 4.21 Å². The minimum atomic E-state index is -1.27. The number of thiophene rings is 1. The van der Waals surface area contributed by atoms with Crippen LogP contribution in [0.15, 0.2) is 12.3 Å². The summed E-state index contributed by atoms with van der Waals surface area (Å²) in [6, 6.07) is 1.91. The zero-order valence-corrected chi connectivity index (χ0v) is 24.1. The van der Waals surface area contributed by atoms with Crippen LogP contribution in [0.25, 0.3) is 21.5 Å². The number of ether oxygens (including phenoxy) is 3. The zero-order valence-electron chi connectivity index (χ0n) is 22.5. The predicted molar refractivity (Wildman–Crippen MR) is 153 cm³/mol. The van der Waals surface area contributed by atoms with Gasteiger partial charge in [0, 0.05) is 67.8 Å². The molecule has 206 valence electrons. The minimum Gasteiger partial charge on any atom is -0.480 e. The number of morpholine rings is 1. The van der Waals surface area contributed by atoms with Gasteiger partial charge in [-0.2, -0.15) is 0 Å². The Kier molecular flexibility index (Phi) is 8.74. The molecule has 2 fully saturated rings. The van der Waals surface area contributed by atoms with Crippen molar-refractivity contribution in [2.45, 2.75) is 39.3 Å². The molecule has 12 heteroatoms. The molecule has 1 unspecified atom stereocenters. The van der Waals surface area contributed by atoms with Crippen LogP contribution in [0.3, 0.4) is 0 Å². The number of hydrogen-bond acceptors (Lipinski definition) is 10. The van der Waals surface area contributed by atoms with Crippen molar-refractivity contribution >= 4 is 44.2 Å². The lowest BCUT2D eigenvalue weighted by atomic mass is 10.1. The van der Waals surface area contributed by atoms with Gasteiger partial charge in [-0.25, -0.2) is 19.2 Å². The number of nitrogens with zero attached hydrogens (tertiary/aromatic N) is 5. The van der Waals surface area contributed by atoms with Crippen molar-refractivity contribution in [1.82, 2.24) is 19.9 Å². The molecule has 2 saturated heterocycles. The smallest absolute Gasteiger partial charge is 0.238 e. The van der Waals surface area contributed by atoms with E-state index in [0.29, 0.717) is 36.8 Å². The Hall–Kier alpha value is -2.38. The minimum absolute atomic E-state index is 0.362. The summed E-state index contributed by atoms with van der Waals surface area (Å²) in [6.07, 6.45) is 5.82. The van der Waals surface area contributed by atoms with E-state index in [1.165, 1.54) is 10.4 Å². The Morgan fingerprint density at radius 1 is 1.21 bits per heavy atom. The maximum Gasteiger partial charge on any atom is 0.238 e. The van der Waals surface area contributed by atoms with E-state index in [-0.39, 0.29) is 0 Å². The van der Waals surface area contributed by atoms with Gasteiger partial charge in [-0.05, 0) is 32.8 Å². The normalized spacial score (nSPS) is 18.2. The molecular weight excluding hydrogens is 524 g/mol. The van der Waals surface area contributed by atoms with Crippen LogP contribution < -0.4 is 14.4 Å². The number of aromatic nitrogens is 3. The number of aryl methyl sites for hydroxylation is 1. The summed E-state index contributed by atoms with van der Waals surface area (Å²) in [7, 11) is 0.280. The van der Waals surface area contributed by atoms with Crippen molar-refractivity contribution in [3.05, 3.63) is 22.7 Å². The van der Waals surface area contributed by atoms with Gasteiger partial charge in [0.05, 0.1) is 42.3 Å². The molecule has 0 aliphatic carbocycles. The number of hydrogen-bond donors (Lipinski definition) is 1. The Balaban J connectivity index is 1.56. The number of rotatable bonds is 9. The number of pyridine rings is 1. The molecule has 0 amide bonds. The monoisotopic (exact) mass is 560 g/mol. The first-order valence-corrected chi connectivity index (χ1v) is 15.5. The van der Waals surface area contributed by atoms with Crippen LogP contribution in [0.1, 0.15) is 30.2 Å². The van der Waals surface area contributed by atoms with Crippen molar-refractivity contribution < 1.29 is 18.4 Å². The number of piperidine rings is 1. The molecule has 0 bridgehead atoms. The average molecular weight is 561 g/mol. The van der Waals surface area contributed by atoms with Crippen molar-refractivity contribution in [3.8, 4) is 17.1 Å². The molecule has 1 N–H and O–H groups in total. The van der Waals surface area contributed by atoms with Crippen LogP contribution in [0, 0.1) is 6.92 Å². The van der Waals surface area contributed by atoms with Gasteiger partial charge >= 0.3 is 0 Å². The van der Waals surface area contributed by atoms with Crippen LogP contribution in [0.2, 0.25) is 0 Å². The van der Waals surface area contributed by atoms with Crippen LogP contribution in [-0.4, -0.2) is 89.5 Å². The highest BCUT2D eigenvalue weighted by molar-refractivity contribution is 7.85. The van der Waals surface area contributed by atoms with E-state index in [1.807, 2.05) is 6.07 Å². The molecule has 3 aromatic heterocycles. The van der Waals surface area contributed by atoms with Crippen LogP contribution in [0.5, 0.6) is 5.88 Å². The Labute approximate surface area is 230 Å². The zero-order chi connectivity index (χ0) is 26.6. The van der Waals surface area contributed by atoms with Crippen molar-refractivity contribution in [3.63, 3.8) is 0 Å². The van der Waals surface area contributed by atoms with Gasteiger partial charge in [0.25, 0.3) is 0 Å². The van der Waals surface area contributed by atoms with E-state index >= 15 is 0 Å². The van der Waals surface area contributed by atoms with E-state index in [1.54, 1.807) is 30.9 Å². The second-order valence-electron chi connectivity index (χ2n) is 9.55. The fraction of sp³-hybridized carbons (Fsp3) is 0.577. The van der Waals surface area contributed by atoms with Gasteiger partial charge in [0.1, 0.15) is 16.7 Å². The Morgan fingerprint density at radius 3 is 2.66 bits per heavy atom. The molecule has 2 aliphatic heterocycles. The lowest BCUT2D eigenvalue weighted by Gasteiger charge is -2.31. The van der Waals surface area contributed by atoms with Crippen LogP contribution in [-0.2, 0) is 27.0 Å². The molecule has 5 heterocycles. The highest BCUT2D eigenvalue weighted by Gasteiger charge is 2.25. The van der Waals surface area contributed by atoms with Gasteiger partial charge in [-0.15, -0.1) is 11.3 Å². The van der Waals surface area contributed by atoms with Crippen LogP contribution in [0.4, 0.5) is 11.6 Å². The summed E-state index contributed by atoms with van der Waals surface area (Å²) in [6.45, 7) is 10.7. The summed E-state index contributed by atoms with van der Waals surface area (Å²) >= 11 is 1.72. The van der Waals surface area contributed by atoms with Gasteiger partial charge in [-0.1, -0.05) is 0 Å². The first-order chi connectivity index (χ1) is 18.5. The third-order valence-electron chi connectivity index (χ3n) is 7.00. The number of nitrogens with one attached hydrogen (secondary N) is 1. The molecule has 5 rings (SSSR count). The van der Waals surface area contributed by atoms with Crippen molar-refractivity contribution in [1.29, 1.82) is 0 Å². The molecule has 1 atom stereocenters. The molecule has 0 spiro atoms. The third-order valence-corrected chi connectivity index (χ3v) is 8.65. The fourth-order valence-electron chi connectivity index (χ4n) is 5.07. The number of likely N-dealkylation sites (tertiary alicyclic amines) is 1. The molecule has 3 aromatic rings. The Morgan fingerprint density at radius 2 is 1.97 bits per heavy atom. The third kappa shape index (κ3) is 5.94. The SMILES string of the molecule is CCOC1CCN(Cc2c(C)sc3c(-c4cnc(OC)c(NS(C)=O)c4)nc(N4CCOCC4)nc23)CC1. The summed E-state index contributed by atoms with van der Waals surface area (Å²) < 4.78 is 32.8. The fourth-order valence-corrected chi connectivity index (χ4v) is 6.65. The molecule has 10 nitrogen and oxygen atoms in total. The second-order valence-corrected chi connectivity index (χ2v) is 11.9. The molecular formula is C26H36N6O4S2. The predicted octanol–water partition coefficient (Wildman–Crippen LogP) is 3.61. The summed E-state index contributed by atoms with van der Waals surface area (Å²) in [5.41, 5.74) is 4.47. The van der Waals surface area contributed by atoms with Gasteiger partial charge < -0.3 is 23.8 Å². The summed E-state index contributed by atoms with van der Waals surface area (Å²) in [4.78, 5) is 20.6. The largest absolute Gasteiger partial charge is 0.480 e. The molecule has 0 saturated carbocycles. The van der Waals surface area contributed by atoms with Crippen LogP contribution >= 0.6 is 11.3 Å². The first-order valence-electron chi connectivity index (χ1n) is 13.1. The topological polar surface area (TPSA) is 102 Å². The van der Waals surface area contributed by atoms with Gasteiger partial charge in [-0.3, -0.25) is 4.90 Å². The highest BCUT2D eigenvalue weighted by atomic mass is 32.2. The van der Waals surface area contributed by atoms with Gasteiger partial charge in [0.2, 0.25) is 11.8 Å². The quantitative estimate of drug-likeness (QED) is 0.420. The first kappa shape index (κ1) is 27.2. The second kappa shape index (κ2) is 12.2. The maximum atomic E-state index is 12.0. The molecule has 2 aliphatic rings. The Bertz CT molecular complexity index is 1290. The summed E-state index contributed by atoms with van der Waals surface area (Å²) in [5, 5.41) is 0. The van der Waals surface area contributed by atoms with E-state index < -0.39 is 11.0 Å². The lowest BCUT2D eigenvalue weighted by Crippen LogP contribution is -2.37. The lowest BCUT2D eigenvalue weighted by molar-refractivity contribution is 0.0126. The van der Waals surface area contributed by atoms with E-state index in [2.05, 4.69) is 33.4 Å². The average Bonchev–Trinajstić information content (AvgIpc) is 3.24. The van der Waals surface area contributed by atoms with Crippen molar-refractivity contribution in [2.24, 2.45) is 0 Å². The number of fused-ring (bicyclic) bond motifs is 1. The molecule has 0 radical (unpaired) electrons. The summed E-state index contributed by atoms with van der Waals surface area (Å²) in [5.74, 6) is 1.09.